The van der Waals surface area contributed by atoms with E-state index in [0.717, 1.165) is 0 Å². The van der Waals surface area contributed by atoms with E-state index in [1.807, 2.05) is 6.92 Å². The van der Waals surface area contributed by atoms with Crippen LogP contribution >= 0.6 is 0 Å². The molecule has 0 aromatic heterocycles. The second kappa shape index (κ2) is 5.41. The van der Waals surface area contributed by atoms with E-state index in [2.05, 4.69) is 11.3 Å². The largest absolute Gasteiger partial charge is 0.392 e. The van der Waals surface area contributed by atoms with Gasteiger partial charge in [-0.1, -0.05) is 6.58 Å². The molecule has 3 heteroatoms. The number of methoxy groups -OCH3 is 1. The second-order valence-electron chi connectivity index (χ2n) is 2.03. The van der Waals surface area contributed by atoms with Crippen molar-refractivity contribution >= 4 is 0 Å². The Bertz CT molecular complexity index is 101. The summed E-state index contributed by atoms with van der Waals surface area (Å²) in [6.45, 7) is 5.61. The zero-order valence-electron chi connectivity index (χ0n) is 6.46. The molecule has 0 saturated carbocycles. The number of rotatable bonds is 5. The molecule has 60 valence electrons. The third-order valence-corrected chi connectivity index (χ3v) is 1.21. The molecule has 0 radical (unpaired) electrons. The van der Waals surface area contributed by atoms with Crippen LogP contribution in [-0.2, 0) is 9.47 Å². The zero-order valence-corrected chi connectivity index (χ0v) is 6.46. The molecule has 1 N–H and O–H groups in total. The van der Waals surface area contributed by atoms with E-state index in [1.54, 1.807) is 7.11 Å². The third-order valence-electron chi connectivity index (χ3n) is 1.21. The Kier molecular flexibility index (Phi) is 5.20. The van der Waals surface area contributed by atoms with Crippen molar-refractivity contribution in [1.29, 1.82) is 0 Å². The van der Waals surface area contributed by atoms with Crippen molar-refractivity contribution in [3.8, 4) is 0 Å². The van der Waals surface area contributed by atoms with Crippen LogP contribution in [0.2, 0.25) is 0 Å². The van der Waals surface area contributed by atoms with Gasteiger partial charge in [0, 0.05) is 7.11 Å². The van der Waals surface area contributed by atoms with E-state index in [1.165, 1.54) is 0 Å². The maximum atomic E-state index is 8.58. The van der Waals surface area contributed by atoms with E-state index in [4.69, 9.17) is 9.84 Å². The molecule has 3 nitrogen and oxygen atoms in total. The van der Waals surface area contributed by atoms with Crippen LogP contribution in [0, 0.1) is 0 Å². The van der Waals surface area contributed by atoms with Crippen LogP contribution in [0.4, 0.5) is 0 Å². The first-order valence-corrected chi connectivity index (χ1v) is 3.11. The van der Waals surface area contributed by atoms with E-state index in [-0.39, 0.29) is 19.5 Å². The van der Waals surface area contributed by atoms with Crippen LogP contribution in [0.15, 0.2) is 12.2 Å². The molecule has 0 aliphatic carbocycles. The summed E-state index contributed by atoms with van der Waals surface area (Å²) in [6.07, 6.45) is -0.134. The summed E-state index contributed by atoms with van der Waals surface area (Å²) in [5, 5.41) is 8.58. The third kappa shape index (κ3) is 3.61. The Morgan fingerprint density at radius 3 is 2.70 bits per heavy atom. The van der Waals surface area contributed by atoms with Gasteiger partial charge in [-0.05, 0) is 12.5 Å². The van der Waals surface area contributed by atoms with Gasteiger partial charge in [-0.15, -0.1) is 0 Å². The first kappa shape index (κ1) is 9.62. The first-order valence-electron chi connectivity index (χ1n) is 3.11. The van der Waals surface area contributed by atoms with Gasteiger partial charge < -0.3 is 14.6 Å². The average molecular weight is 146 g/mol. The minimum atomic E-state index is -0.134. The van der Waals surface area contributed by atoms with Gasteiger partial charge in [-0.2, -0.15) is 0 Å². The van der Waals surface area contributed by atoms with Crippen LogP contribution in [0.3, 0.4) is 0 Å². The summed E-state index contributed by atoms with van der Waals surface area (Å²) in [6, 6.07) is 0. The molecular formula is C7H14O3. The lowest BCUT2D eigenvalue weighted by Crippen LogP contribution is -2.14. The lowest BCUT2D eigenvalue weighted by atomic mass is 10.2. The molecule has 0 aromatic rings. The maximum Gasteiger partial charge on any atom is 0.147 e. The van der Waals surface area contributed by atoms with E-state index in [9.17, 15) is 0 Å². The monoisotopic (exact) mass is 146 g/mol. The van der Waals surface area contributed by atoms with Crippen LogP contribution < -0.4 is 0 Å². The van der Waals surface area contributed by atoms with Crippen molar-refractivity contribution in [3.05, 3.63) is 12.2 Å². The highest BCUT2D eigenvalue weighted by Gasteiger charge is 2.03. The van der Waals surface area contributed by atoms with E-state index < -0.39 is 0 Å². The maximum absolute atomic E-state index is 8.58. The highest BCUT2D eigenvalue weighted by atomic mass is 16.7. The smallest absolute Gasteiger partial charge is 0.147 e. The van der Waals surface area contributed by atoms with Crippen LogP contribution in [0.1, 0.15) is 6.92 Å². The van der Waals surface area contributed by atoms with Crippen LogP contribution in [0.25, 0.3) is 0 Å². The van der Waals surface area contributed by atoms with Gasteiger partial charge in [0.1, 0.15) is 6.79 Å². The highest BCUT2D eigenvalue weighted by Crippen LogP contribution is 2.01. The lowest BCUT2D eigenvalue weighted by molar-refractivity contribution is -0.0551. The summed E-state index contributed by atoms with van der Waals surface area (Å²) in [5.41, 5.74) is 0.664. The predicted octanol–water partition coefficient (Wildman–Crippen LogP) is 0.544. The minimum Gasteiger partial charge on any atom is -0.392 e. The van der Waals surface area contributed by atoms with Crippen LogP contribution in [0.5, 0.6) is 0 Å². The molecule has 0 amide bonds. The lowest BCUT2D eigenvalue weighted by Gasteiger charge is -2.12. The zero-order chi connectivity index (χ0) is 7.98. The van der Waals surface area contributed by atoms with E-state index >= 15 is 0 Å². The van der Waals surface area contributed by atoms with Crippen LogP contribution in [-0.4, -0.2) is 31.7 Å². The fourth-order valence-corrected chi connectivity index (χ4v) is 0.417. The molecule has 0 rings (SSSR count). The number of hydrogen-bond donors (Lipinski definition) is 1. The Morgan fingerprint density at radius 1 is 1.70 bits per heavy atom. The topological polar surface area (TPSA) is 38.7 Å². The first-order chi connectivity index (χ1) is 4.72. The number of ether oxygens (including phenoxy) is 2. The Balaban J connectivity index is 3.41. The Morgan fingerprint density at radius 2 is 2.30 bits per heavy atom. The van der Waals surface area contributed by atoms with Crippen molar-refractivity contribution in [1.82, 2.24) is 0 Å². The quantitative estimate of drug-likeness (QED) is 0.454. The summed E-state index contributed by atoms with van der Waals surface area (Å²) < 4.78 is 9.72. The van der Waals surface area contributed by atoms with Crippen molar-refractivity contribution in [2.24, 2.45) is 0 Å². The van der Waals surface area contributed by atoms with Crippen molar-refractivity contribution in [2.45, 2.75) is 13.0 Å². The summed E-state index contributed by atoms with van der Waals surface area (Å²) in [7, 11) is 1.55. The van der Waals surface area contributed by atoms with Gasteiger partial charge in [-0.25, -0.2) is 0 Å². The van der Waals surface area contributed by atoms with Gasteiger partial charge in [-0.3, -0.25) is 0 Å². The van der Waals surface area contributed by atoms with E-state index in [0.29, 0.717) is 5.57 Å². The molecule has 1 atom stereocenters. The van der Waals surface area contributed by atoms with Gasteiger partial charge >= 0.3 is 0 Å². The fraction of sp³-hybridized carbons (Fsp3) is 0.714. The minimum absolute atomic E-state index is 0.0368. The Labute approximate surface area is 61.3 Å². The molecule has 0 unspecified atom stereocenters. The molecule has 0 aromatic carbocycles. The predicted molar refractivity (Wildman–Crippen MR) is 38.6 cm³/mol. The summed E-state index contributed by atoms with van der Waals surface area (Å²) in [5.74, 6) is 0. The number of aliphatic hydroxyl groups is 1. The van der Waals surface area contributed by atoms with Crippen molar-refractivity contribution in [3.63, 3.8) is 0 Å². The molecule has 0 bridgehead atoms. The van der Waals surface area contributed by atoms with Gasteiger partial charge in [0.05, 0.1) is 12.7 Å². The SMILES string of the molecule is C=C(CO)[C@H](C)OCOC. The molecule has 0 heterocycles. The normalized spacial score (nSPS) is 13.1. The molecule has 0 aliphatic rings. The van der Waals surface area contributed by atoms with Crippen molar-refractivity contribution < 1.29 is 14.6 Å². The highest BCUT2D eigenvalue weighted by molar-refractivity contribution is 4.99. The number of aliphatic hydroxyl groups excluding tert-OH is 1. The fourth-order valence-electron chi connectivity index (χ4n) is 0.417. The molecule has 0 spiro atoms. The van der Waals surface area contributed by atoms with Crippen molar-refractivity contribution in [2.75, 3.05) is 20.5 Å². The summed E-state index contributed by atoms with van der Waals surface area (Å²) >= 11 is 0. The van der Waals surface area contributed by atoms with Gasteiger partial charge in [0.2, 0.25) is 0 Å². The van der Waals surface area contributed by atoms with Gasteiger partial charge in [0.25, 0.3) is 0 Å². The Hall–Kier alpha value is -0.380. The second-order valence-corrected chi connectivity index (χ2v) is 2.03. The molecule has 10 heavy (non-hydrogen) atoms. The molecular weight excluding hydrogens is 132 g/mol. The standard InChI is InChI=1S/C7H14O3/c1-6(4-8)7(2)10-5-9-3/h7-8H,1,4-5H2,2-3H3/t7-/m0/s1. The molecule has 0 fully saturated rings. The van der Waals surface area contributed by atoms with Gasteiger partial charge in [0.15, 0.2) is 0 Å². The molecule has 0 saturated heterocycles. The number of hydrogen-bond acceptors (Lipinski definition) is 3. The molecule has 0 aliphatic heterocycles. The average Bonchev–Trinajstić information content (AvgIpc) is 1.98. The summed E-state index contributed by atoms with van der Waals surface area (Å²) in [4.78, 5) is 0.